The average Bonchev–Trinajstić information content (AvgIpc) is 2.59. The Morgan fingerprint density at radius 2 is 2.18 bits per heavy atom. The van der Waals surface area contributed by atoms with Crippen LogP contribution < -0.4 is 5.32 Å². The SMILES string of the molecule is CN1CC(C(=O)NC2CC(O)C2(C)C)CC1=O. The molecule has 0 aromatic heterocycles. The van der Waals surface area contributed by atoms with E-state index in [4.69, 9.17) is 0 Å². The van der Waals surface area contributed by atoms with Gasteiger partial charge in [-0.3, -0.25) is 9.59 Å². The van der Waals surface area contributed by atoms with Crippen molar-refractivity contribution in [3.05, 3.63) is 0 Å². The number of carbonyl (C=O) groups excluding carboxylic acids is 2. The summed E-state index contributed by atoms with van der Waals surface area (Å²) in [6.45, 7) is 4.39. The van der Waals surface area contributed by atoms with Gasteiger partial charge in [-0.2, -0.15) is 0 Å². The Morgan fingerprint density at radius 3 is 2.59 bits per heavy atom. The summed E-state index contributed by atoms with van der Waals surface area (Å²) in [5, 5.41) is 12.5. The highest BCUT2D eigenvalue weighted by molar-refractivity contribution is 5.89. The molecule has 0 radical (unpaired) electrons. The molecule has 2 aliphatic rings. The molecule has 0 bridgehead atoms. The summed E-state index contributed by atoms with van der Waals surface area (Å²) >= 11 is 0. The van der Waals surface area contributed by atoms with Crippen LogP contribution in [0.1, 0.15) is 26.7 Å². The summed E-state index contributed by atoms with van der Waals surface area (Å²) in [6.07, 6.45) is 0.563. The lowest BCUT2D eigenvalue weighted by Crippen LogP contribution is -2.61. The van der Waals surface area contributed by atoms with Gasteiger partial charge >= 0.3 is 0 Å². The number of aliphatic hydroxyl groups excluding tert-OH is 1. The van der Waals surface area contributed by atoms with E-state index in [0.717, 1.165) is 0 Å². The van der Waals surface area contributed by atoms with Gasteiger partial charge in [-0.25, -0.2) is 0 Å². The molecule has 1 heterocycles. The van der Waals surface area contributed by atoms with Crippen molar-refractivity contribution in [3.63, 3.8) is 0 Å². The first-order valence-electron chi connectivity index (χ1n) is 6.04. The highest BCUT2D eigenvalue weighted by atomic mass is 16.3. The summed E-state index contributed by atoms with van der Waals surface area (Å²) in [5.74, 6) is -0.272. The number of hydrogen-bond acceptors (Lipinski definition) is 3. The van der Waals surface area contributed by atoms with Gasteiger partial charge in [-0.05, 0) is 6.42 Å². The van der Waals surface area contributed by atoms with E-state index in [2.05, 4.69) is 5.32 Å². The van der Waals surface area contributed by atoms with Crippen molar-refractivity contribution in [2.45, 2.75) is 38.8 Å². The molecule has 1 saturated heterocycles. The predicted molar refractivity (Wildman–Crippen MR) is 62.1 cm³/mol. The third-order valence-corrected chi connectivity index (χ3v) is 4.24. The average molecular weight is 240 g/mol. The fourth-order valence-corrected chi connectivity index (χ4v) is 2.48. The summed E-state index contributed by atoms with van der Waals surface area (Å²) in [6, 6.07) is 0.0195. The highest BCUT2D eigenvalue weighted by Crippen LogP contribution is 2.40. The Morgan fingerprint density at radius 1 is 1.53 bits per heavy atom. The largest absolute Gasteiger partial charge is 0.392 e. The second-order valence-corrected chi connectivity index (χ2v) is 5.81. The van der Waals surface area contributed by atoms with E-state index >= 15 is 0 Å². The zero-order chi connectivity index (χ0) is 12.8. The predicted octanol–water partition coefficient (Wildman–Crippen LogP) is -0.260. The Bertz CT molecular complexity index is 354. The van der Waals surface area contributed by atoms with Gasteiger partial charge in [0.2, 0.25) is 11.8 Å². The van der Waals surface area contributed by atoms with Crippen molar-refractivity contribution in [1.29, 1.82) is 0 Å². The smallest absolute Gasteiger partial charge is 0.225 e. The Balaban J connectivity index is 1.89. The number of carbonyl (C=O) groups is 2. The Labute approximate surface area is 101 Å². The van der Waals surface area contributed by atoms with Crippen molar-refractivity contribution in [3.8, 4) is 0 Å². The fourth-order valence-electron chi connectivity index (χ4n) is 2.48. The molecule has 1 saturated carbocycles. The lowest BCUT2D eigenvalue weighted by Gasteiger charge is -2.49. The van der Waals surface area contributed by atoms with Crippen LogP contribution in [0, 0.1) is 11.3 Å². The number of nitrogens with zero attached hydrogens (tertiary/aromatic N) is 1. The normalized spacial score (nSPS) is 35.6. The molecule has 3 atom stereocenters. The Hall–Kier alpha value is -1.10. The number of rotatable bonds is 2. The number of nitrogens with one attached hydrogen (secondary N) is 1. The van der Waals surface area contributed by atoms with Crippen LogP contribution in [0.15, 0.2) is 0 Å². The van der Waals surface area contributed by atoms with Crippen LogP contribution in [0.25, 0.3) is 0 Å². The van der Waals surface area contributed by atoms with E-state index in [1.165, 1.54) is 0 Å². The van der Waals surface area contributed by atoms with Crippen LogP contribution in [0.3, 0.4) is 0 Å². The molecule has 2 rings (SSSR count). The maximum Gasteiger partial charge on any atom is 0.225 e. The van der Waals surface area contributed by atoms with Crippen LogP contribution in [0.5, 0.6) is 0 Å². The van der Waals surface area contributed by atoms with E-state index in [9.17, 15) is 14.7 Å². The van der Waals surface area contributed by atoms with E-state index in [1.54, 1.807) is 11.9 Å². The molecule has 2 fully saturated rings. The quantitative estimate of drug-likeness (QED) is 0.698. The van der Waals surface area contributed by atoms with Gasteiger partial charge < -0.3 is 15.3 Å². The van der Waals surface area contributed by atoms with Crippen LogP contribution in [-0.4, -0.2) is 47.6 Å². The van der Waals surface area contributed by atoms with Gasteiger partial charge in [0.15, 0.2) is 0 Å². The van der Waals surface area contributed by atoms with Gasteiger partial charge in [0, 0.05) is 31.5 Å². The molecule has 0 aromatic rings. The molecule has 2 amide bonds. The topological polar surface area (TPSA) is 69.6 Å². The minimum Gasteiger partial charge on any atom is -0.392 e. The first kappa shape index (κ1) is 12.4. The van der Waals surface area contributed by atoms with Gasteiger partial charge in [0.25, 0.3) is 0 Å². The summed E-state index contributed by atoms with van der Waals surface area (Å²) in [4.78, 5) is 24.9. The molecule has 0 aromatic carbocycles. The van der Waals surface area contributed by atoms with Crippen LogP contribution in [-0.2, 0) is 9.59 Å². The third kappa shape index (κ3) is 2.04. The summed E-state index contributed by atoms with van der Waals surface area (Å²) < 4.78 is 0. The number of likely N-dealkylation sites (tertiary alicyclic amines) is 1. The maximum absolute atomic E-state index is 12.0. The van der Waals surface area contributed by atoms with Gasteiger partial charge in [-0.15, -0.1) is 0 Å². The maximum atomic E-state index is 12.0. The molecule has 1 aliphatic heterocycles. The monoisotopic (exact) mass is 240 g/mol. The van der Waals surface area contributed by atoms with E-state index < -0.39 is 0 Å². The molecular formula is C12H20N2O3. The first-order valence-corrected chi connectivity index (χ1v) is 6.04. The van der Waals surface area contributed by atoms with Crippen molar-refractivity contribution in [1.82, 2.24) is 10.2 Å². The van der Waals surface area contributed by atoms with E-state index in [-0.39, 0.29) is 35.3 Å². The van der Waals surface area contributed by atoms with Crippen LogP contribution >= 0.6 is 0 Å². The molecule has 5 heteroatoms. The fraction of sp³-hybridized carbons (Fsp3) is 0.833. The second kappa shape index (κ2) is 3.98. The lowest BCUT2D eigenvalue weighted by molar-refractivity contribution is -0.133. The van der Waals surface area contributed by atoms with Crippen molar-refractivity contribution in [2.75, 3.05) is 13.6 Å². The summed E-state index contributed by atoms with van der Waals surface area (Å²) in [5.41, 5.74) is -0.260. The van der Waals surface area contributed by atoms with E-state index in [1.807, 2.05) is 13.8 Å². The molecule has 17 heavy (non-hydrogen) atoms. The van der Waals surface area contributed by atoms with Crippen molar-refractivity contribution in [2.24, 2.45) is 11.3 Å². The summed E-state index contributed by atoms with van der Waals surface area (Å²) in [7, 11) is 1.71. The molecule has 3 unspecified atom stereocenters. The van der Waals surface area contributed by atoms with Gasteiger partial charge in [-0.1, -0.05) is 13.8 Å². The first-order chi connectivity index (χ1) is 7.82. The third-order valence-electron chi connectivity index (χ3n) is 4.24. The molecule has 1 aliphatic carbocycles. The van der Waals surface area contributed by atoms with Crippen molar-refractivity contribution < 1.29 is 14.7 Å². The lowest BCUT2D eigenvalue weighted by atomic mass is 9.64. The highest BCUT2D eigenvalue weighted by Gasteiger charge is 2.48. The number of amides is 2. The standard InChI is InChI=1S/C12H20N2O3/c1-12(2)8(5-9(12)15)13-11(17)7-4-10(16)14(3)6-7/h7-9,15H,4-6H2,1-3H3,(H,13,17). The molecule has 2 N–H and O–H groups in total. The minimum atomic E-state index is -0.347. The zero-order valence-corrected chi connectivity index (χ0v) is 10.6. The van der Waals surface area contributed by atoms with E-state index in [0.29, 0.717) is 19.4 Å². The molecule has 96 valence electrons. The van der Waals surface area contributed by atoms with Gasteiger partial charge in [0.05, 0.1) is 12.0 Å². The molecular weight excluding hydrogens is 220 g/mol. The molecule has 0 spiro atoms. The zero-order valence-electron chi connectivity index (χ0n) is 10.6. The minimum absolute atomic E-state index is 0.0195. The van der Waals surface area contributed by atoms with Crippen molar-refractivity contribution >= 4 is 11.8 Å². The van der Waals surface area contributed by atoms with Crippen LogP contribution in [0.4, 0.5) is 0 Å². The van der Waals surface area contributed by atoms with Crippen LogP contribution in [0.2, 0.25) is 0 Å². The van der Waals surface area contributed by atoms with Gasteiger partial charge in [0.1, 0.15) is 0 Å². The number of aliphatic hydroxyl groups is 1. The Kier molecular flexibility index (Phi) is 2.89. The second-order valence-electron chi connectivity index (χ2n) is 5.81. The number of hydrogen-bond donors (Lipinski definition) is 2. The molecule has 5 nitrogen and oxygen atoms in total.